The molecular weight excluding hydrogens is 276 g/mol. The van der Waals surface area contributed by atoms with Crippen LogP contribution in [0, 0.1) is 0 Å². The number of anilines is 1. The van der Waals surface area contributed by atoms with Crippen molar-refractivity contribution in [3.63, 3.8) is 0 Å². The van der Waals surface area contributed by atoms with Crippen LogP contribution in [0.4, 0.5) is 5.82 Å². The van der Waals surface area contributed by atoms with Gasteiger partial charge in [-0.1, -0.05) is 0 Å². The summed E-state index contributed by atoms with van der Waals surface area (Å²) in [7, 11) is 0. The fourth-order valence-corrected chi connectivity index (χ4v) is 1.60. The molecule has 1 aromatic heterocycles. The summed E-state index contributed by atoms with van der Waals surface area (Å²) in [6.07, 6.45) is 4.24. The zero-order valence-electron chi connectivity index (χ0n) is 8.61. The highest BCUT2D eigenvalue weighted by molar-refractivity contribution is 9.10. The van der Waals surface area contributed by atoms with Gasteiger partial charge in [-0.05, 0) is 28.9 Å². The van der Waals surface area contributed by atoms with Crippen molar-refractivity contribution in [2.45, 2.75) is 6.92 Å². The molecule has 0 radical (unpaired) electrons. The molecular formula is C10H11BrN2O3. The molecule has 1 heterocycles. The normalized spacial score (nSPS) is 10.6. The van der Waals surface area contributed by atoms with E-state index in [0.717, 1.165) is 0 Å². The number of rotatable bonds is 4. The predicted molar refractivity (Wildman–Crippen MR) is 64.0 cm³/mol. The van der Waals surface area contributed by atoms with E-state index in [1.807, 2.05) is 6.92 Å². The van der Waals surface area contributed by atoms with Crippen molar-refractivity contribution in [3.05, 3.63) is 28.1 Å². The molecule has 0 bridgehead atoms. The summed E-state index contributed by atoms with van der Waals surface area (Å²) < 4.78 is 5.37. The molecule has 5 nitrogen and oxygen atoms in total. The average Bonchev–Trinajstić information content (AvgIpc) is 2.23. The maximum absolute atomic E-state index is 11.0. The first kappa shape index (κ1) is 12.5. The third-order valence-corrected chi connectivity index (χ3v) is 2.41. The summed E-state index contributed by atoms with van der Waals surface area (Å²) in [5, 5.41) is 9.04. The second kappa shape index (κ2) is 5.50. The SMILES string of the molecule is CCOC=Cc1c(N)ncc(Br)c1C(=O)O. The standard InChI is InChI=1S/C10H11BrN2O3/c1-2-16-4-3-6-8(10(14)15)7(11)5-13-9(6)12/h3-5H,2H2,1H3,(H2,12,13)(H,14,15). The number of aromatic carboxylic acids is 1. The van der Waals surface area contributed by atoms with Gasteiger partial charge in [0, 0.05) is 11.8 Å². The molecule has 0 aliphatic rings. The maximum atomic E-state index is 11.0. The van der Waals surface area contributed by atoms with Gasteiger partial charge >= 0.3 is 5.97 Å². The Morgan fingerprint density at radius 3 is 3.00 bits per heavy atom. The minimum absolute atomic E-state index is 0.0726. The molecule has 0 aromatic carbocycles. The third kappa shape index (κ3) is 2.73. The van der Waals surface area contributed by atoms with Crippen LogP contribution in [0.5, 0.6) is 0 Å². The van der Waals surface area contributed by atoms with Crippen molar-refractivity contribution in [1.82, 2.24) is 4.98 Å². The lowest BCUT2D eigenvalue weighted by molar-refractivity contribution is 0.0695. The lowest BCUT2D eigenvalue weighted by Gasteiger charge is -2.06. The first-order chi connectivity index (χ1) is 7.57. The summed E-state index contributed by atoms with van der Waals surface area (Å²) in [5.41, 5.74) is 6.01. The Labute approximate surface area is 101 Å². The number of carbonyl (C=O) groups is 1. The van der Waals surface area contributed by atoms with Crippen LogP contribution in [0.25, 0.3) is 6.08 Å². The van der Waals surface area contributed by atoms with Gasteiger partial charge < -0.3 is 15.6 Å². The molecule has 3 N–H and O–H groups in total. The Morgan fingerprint density at radius 2 is 2.44 bits per heavy atom. The van der Waals surface area contributed by atoms with Gasteiger partial charge in [-0.15, -0.1) is 0 Å². The fraction of sp³-hybridized carbons (Fsp3) is 0.200. The molecule has 0 amide bonds. The molecule has 6 heteroatoms. The number of hydrogen-bond donors (Lipinski definition) is 2. The lowest BCUT2D eigenvalue weighted by Crippen LogP contribution is -2.06. The van der Waals surface area contributed by atoms with Crippen LogP contribution >= 0.6 is 15.9 Å². The number of ether oxygens (including phenoxy) is 1. The molecule has 0 aliphatic heterocycles. The third-order valence-electron chi connectivity index (χ3n) is 1.81. The highest BCUT2D eigenvalue weighted by atomic mass is 79.9. The van der Waals surface area contributed by atoms with Gasteiger partial charge in [0.25, 0.3) is 0 Å². The van der Waals surface area contributed by atoms with Gasteiger partial charge in [0.05, 0.1) is 22.9 Å². The van der Waals surface area contributed by atoms with Crippen molar-refractivity contribution in [2.75, 3.05) is 12.3 Å². The summed E-state index contributed by atoms with van der Waals surface area (Å²) in [4.78, 5) is 14.9. The minimum atomic E-state index is -1.07. The molecule has 1 aromatic rings. The van der Waals surface area contributed by atoms with Crippen LogP contribution in [0.2, 0.25) is 0 Å². The van der Waals surface area contributed by atoms with Crippen LogP contribution in [-0.2, 0) is 4.74 Å². The number of pyridine rings is 1. The molecule has 0 saturated carbocycles. The van der Waals surface area contributed by atoms with Gasteiger partial charge in [0.15, 0.2) is 0 Å². The van der Waals surface area contributed by atoms with Crippen molar-refractivity contribution in [3.8, 4) is 0 Å². The Hall–Kier alpha value is -1.56. The number of nitrogens with two attached hydrogens (primary N) is 1. The number of aromatic nitrogens is 1. The lowest BCUT2D eigenvalue weighted by atomic mass is 10.1. The molecule has 0 spiro atoms. The summed E-state index contributed by atoms with van der Waals surface area (Å²) >= 11 is 3.12. The van der Waals surface area contributed by atoms with E-state index in [2.05, 4.69) is 20.9 Å². The Morgan fingerprint density at radius 1 is 1.75 bits per heavy atom. The molecule has 16 heavy (non-hydrogen) atoms. The molecule has 0 fully saturated rings. The minimum Gasteiger partial charge on any atom is -0.501 e. The van der Waals surface area contributed by atoms with E-state index in [1.54, 1.807) is 0 Å². The number of carboxylic acids is 1. The summed E-state index contributed by atoms with van der Waals surface area (Å²) in [5.74, 6) is -0.923. The molecule has 0 aliphatic carbocycles. The van der Waals surface area contributed by atoms with E-state index in [4.69, 9.17) is 15.6 Å². The number of hydrogen-bond acceptors (Lipinski definition) is 4. The van der Waals surface area contributed by atoms with E-state index >= 15 is 0 Å². The van der Waals surface area contributed by atoms with Gasteiger partial charge in [-0.2, -0.15) is 0 Å². The molecule has 0 unspecified atom stereocenters. The highest BCUT2D eigenvalue weighted by Gasteiger charge is 2.16. The van der Waals surface area contributed by atoms with Crippen LogP contribution < -0.4 is 5.73 Å². The Kier molecular flexibility index (Phi) is 4.30. The van der Waals surface area contributed by atoms with E-state index in [9.17, 15) is 4.79 Å². The number of nitrogens with zero attached hydrogens (tertiary/aromatic N) is 1. The Bertz CT molecular complexity index is 432. The zero-order valence-corrected chi connectivity index (χ0v) is 10.2. The van der Waals surface area contributed by atoms with Crippen molar-refractivity contribution in [2.24, 2.45) is 0 Å². The first-order valence-electron chi connectivity index (χ1n) is 4.53. The first-order valence-corrected chi connectivity index (χ1v) is 5.32. The number of nitrogen functional groups attached to an aromatic ring is 1. The fourth-order valence-electron chi connectivity index (χ4n) is 1.12. The number of carboxylic acid groups (broad SMARTS) is 1. The van der Waals surface area contributed by atoms with Crippen molar-refractivity contribution >= 4 is 33.8 Å². The van der Waals surface area contributed by atoms with Gasteiger partial charge in [0.1, 0.15) is 5.82 Å². The number of halogens is 1. The van der Waals surface area contributed by atoms with E-state index < -0.39 is 5.97 Å². The molecule has 0 atom stereocenters. The van der Waals surface area contributed by atoms with Crippen LogP contribution in [0.1, 0.15) is 22.8 Å². The van der Waals surface area contributed by atoms with Crippen LogP contribution in [0.15, 0.2) is 16.9 Å². The quantitative estimate of drug-likeness (QED) is 0.828. The van der Waals surface area contributed by atoms with Crippen molar-refractivity contribution < 1.29 is 14.6 Å². The largest absolute Gasteiger partial charge is 0.501 e. The highest BCUT2D eigenvalue weighted by Crippen LogP contribution is 2.24. The van der Waals surface area contributed by atoms with Crippen LogP contribution in [0.3, 0.4) is 0 Å². The van der Waals surface area contributed by atoms with Crippen molar-refractivity contribution in [1.29, 1.82) is 0 Å². The maximum Gasteiger partial charge on any atom is 0.337 e. The van der Waals surface area contributed by atoms with Crippen LogP contribution in [-0.4, -0.2) is 22.7 Å². The predicted octanol–water partition coefficient (Wildman–Crippen LogP) is 2.13. The Balaban J connectivity index is 3.23. The van der Waals surface area contributed by atoms with Gasteiger partial charge in [0.2, 0.25) is 0 Å². The van der Waals surface area contributed by atoms with E-state index in [0.29, 0.717) is 16.6 Å². The summed E-state index contributed by atoms with van der Waals surface area (Å²) in [6.45, 7) is 2.32. The smallest absolute Gasteiger partial charge is 0.337 e. The topological polar surface area (TPSA) is 85.4 Å². The second-order valence-corrected chi connectivity index (χ2v) is 3.70. The molecule has 0 saturated heterocycles. The molecule has 1 rings (SSSR count). The van der Waals surface area contributed by atoms with E-state index in [-0.39, 0.29) is 11.4 Å². The molecule has 86 valence electrons. The zero-order chi connectivity index (χ0) is 12.1. The second-order valence-electron chi connectivity index (χ2n) is 2.84. The monoisotopic (exact) mass is 286 g/mol. The average molecular weight is 287 g/mol. The van der Waals surface area contributed by atoms with Gasteiger partial charge in [-0.3, -0.25) is 0 Å². The van der Waals surface area contributed by atoms with Gasteiger partial charge in [-0.25, -0.2) is 9.78 Å². The van der Waals surface area contributed by atoms with E-state index in [1.165, 1.54) is 18.5 Å². The summed E-state index contributed by atoms with van der Waals surface area (Å²) in [6, 6.07) is 0.